The van der Waals surface area contributed by atoms with Gasteiger partial charge in [0.05, 0.1) is 16.7 Å². The highest BCUT2D eigenvalue weighted by atomic mass is 19.2. The lowest BCUT2D eigenvalue weighted by molar-refractivity contribution is -0.385. The van der Waals surface area contributed by atoms with E-state index in [-0.39, 0.29) is 6.07 Å². The van der Waals surface area contributed by atoms with E-state index < -0.39 is 51.0 Å². The standard InChI is InChI=1S/C14H8F4N2O3/c1-19(13-4-7(15)2-3-9(13)16)14(21)8-5-10(17)11(18)6-12(8)20(22)23/h2-6H,1H3. The molecule has 0 saturated carbocycles. The second kappa shape index (κ2) is 6.03. The van der Waals surface area contributed by atoms with Crippen LogP contribution < -0.4 is 4.90 Å². The van der Waals surface area contributed by atoms with Crippen LogP contribution in [0.2, 0.25) is 0 Å². The first-order chi connectivity index (χ1) is 10.7. The number of rotatable bonds is 3. The van der Waals surface area contributed by atoms with Gasteiger partial charge in [0.2, 0.25) is 0 Å². The zero-order chi connectivity index (χ0) is 17.3. The van der Waals surface area contributed by atoms with Gasteiger partial charge >= 0.3 is 0 Å². The summed E-state index contributed by atoms with van der Waals surface area (Å²) in [4.78, 5) is 22.6. The number of nitrogens with zero attached hydrogens (tertiary/aromatic N) is 2. The average molecular weight is 328 g/mol. The fourth-order valence-electron chi connectivity index (χ4n) is 1.89. The molecule has 0 aliphatic carbocycles. The molecule has 2 rings (SSSR count). The molecule has 0 heterocycles. The normalized spacial score (nSPS) is 10.5. The third-order valence-electron chi connectivity index (χ3n) is 3.04. The molecule has 9 heteroatoms. The van der Waals surface area contributed by atoms with E-state index in [1.54, 1.807) is 0 Å². The zero-order valence-corrected chi connectivity index (χ0v) is 11.5. The monoisotopic (exact) mass is 328 g/mol. The molecule has 0 saturated heterocycles. The Balaban J connectivity index is 2.54. The number of anilines is 1. The highest BCUT2D eigenvalue weighted by Crippen LogP contribution is 2.27. The number of hydrogen-bond donors (Lipinski definition) is 0. The van der Waals surface area contributed by atoms with Gasteiger partial charge in [-0.1, -0.05) is 0 Å². The number of hydrogen-bond acceptors (Lipinski definition) is 3. The van der Waals surface area contributed by atoms with Gasteiger partial charge in [-0.15, -0.1) is 0 Å². The molecule has 0 atom stereocenters. The Morgan fingerprint density at radius 2 is 1.65 bits per heavy atom. The van der Waals surface area contributed by atoms with Crippen molar-refractivity contribution < 1.29 is 27.3 Å². The summed E-state index contributed by atoms with van der Waals surface area (Å²) < 4.78 is 53.2. The molecule has 2 aromatic rings. The molecule has 0 aliphatic rings. The molecule has 23 heavy (non-hydrogen) atoms. The third-order valence-corrected chi connectivity index (χ3v) is 3.04. The van der Waals surface area contributed by atoms with Crippen LogP contribution in [0.1, 0.15) is 10.4 Å². The Morgan fingerprint density at radius 1 is 1.04 bits per heavy atom. The quantitative estimate of drug-likeness (QED) is 0.493. The number of nitro benzene ring substituents is 1. The number of halogens is 4. The van der Waals surface area contributed by atoms with E-state index in [1.807, 2.05) is 0 Å². The van der Waals surface area contributed by atoms with Crippen molar-refractivity contribution >= 4 is 17.3 Å². The zero-order valence-electron chi connectivity index (χ0n) is 11.5. The third kappa shape index (κ3) is 3.12. The van der Waals surface area contributed by atoms with Crippen molar-refractivity contribution in [3.8, 4) is 0 Å². The predicted molar refractivity (Wildman–Crippen MR) is 72.1 cm³/mol. The lowest BCUT2D eigenvalue weighted by Gasteiger charge is -2.18. The number of carbonyl (C=O) groups is 1. The van der Waals surface area contributed by atoms with E-state index in [9.17, 15) is 32.5 Å². The van der Waals surface area contributed by atoms with Crippen molar-refractivity contribution in [3.05, 3.63) is 69.3 Å². The van der Waals surface area contributed by atoms with Crippen molar-refractivity contribution in [2.75, 3.05) is 11.9 Å². The number of carbonyl (C=O) groups excluding carboxylic acids is 1. The minimum absolute atomic E-state index is 0.248. The Labute approximate surface area is 126 Å². The molecule has 1 amide bonds. The van der Waals surface area contributed by atoms with Crippen molar-refractivity contribution in [2.45, 2.75) is 0 Å². The van der Waals surface area contributed by atoms with Crippen LogP contribution in [0.25, 0.3) is 0 Å². The van der Waals surface area contributed by atoms with Crippen molar-refractivity contribution in [2.24, 2.45) is 0 Å². The van der Waals surface area contributed by atoms with E-state index in [0.29, 0.717) is 17.0 Å². The average Bonchev–Trinajstić information content (AvgIpc) is 2.50. The number of nitro groups is 1. The molecule has 0 unspecified atom stereocenters. The molecule has 2 aromatic carbocycles. The Morgan fingerprint density at radius 3 is 2.26 bits per heavy atom. The molecular weight excluding hydrogens is 320 g/mol. The van der Waals surface area contributed by atoms with Crippen LogP contribution in [-0.2, 0) is 0 Å². The van der Waals surface area contributed by atoms with Gasteiger partial charge in [-0.05, 0) is 18.2 Å². The first-order valence-electron chi connectivity index (χ1n) is 6.09. The van der Waals surface area contributed by atoms with Gasteiger partial charge in [0.15, 0.2) is 11.6 Å². The molecular formula is C14H8F4N2O3. The van der Waals surface area contributed by atoms with Gasteiger partial charge in [-0.3, -0.25) is 14.9 Å². The maximum absolute atomic E-state index is 13.7. The number of amides is 1. The van der Waals surface area contributed by atoms with E-state index in [4.69, 9.17) is 0 Å². The van der Waals surface area contributed by atoms with E-state index in [1.165, 1.54) is 0 Å². The second-order valence-electron chi connectivity index (χ2n) is 4.50. The molecule has 0 spiro atoms. The van der Waals surface area contributed by atoms with Gasteiger partial charge in [0.1, 0.15) is 17.2 Å². The number of benzene rings is 2. The molecule has 5 nitrogen and oxygen atoms in total. The summed E-state index contributed by atoms with van der Waals surface area (Å²) in [5.74, 6) is -5.99. The summed E-state index contributed by atoms with van der Waals surface area (Å²) in [7, 11) is 1.02. The van der Waals surface area contributed by atoms with Gasteiger partial charge in [0, 0.05) is 13.1 Å². The van der Waals surface area contributed by atoms with Crippen molar-refractivity contribution in [1.82, 2.24) is 0 Å². The smallest absolute Gasteiger partial charge is 0.285 e. The molecule has 0 N–H and O–H groups in total. The minimum atomic E-state index is -1.51. The molecule has 120 valence electrons. The summed E-state index contributed by atoms with van der Waals surface area (Å²) in [5, 5.41) is 10.9. The van der Waals surface area contributed by atoms with Crippen molar-refractivity contribution in [3.63, 3.8) is 0 Å². The highest BCUT2D eigenvalue weighted by Gasteiger charge is 2.27. The van der Waals surface area contributed by atoms with Crippen LogP contribution in [-0.4, -0.2) is 17.9 Å². The van der Waals surface area contributed by atoms with Crippen molar-refractivity contribution in [1.29, 1.82) is 0 Å². The Hall–Kier alpha value is -2.97. The molecule has 0 fully saturated rings. The lowest BCUT2D eigenvalue weighted by atomic mass is 10.1. The van der Waals surface area contributed by atoms with E-state index in [0.717, 1.165) is 19.2 Å². The maximum atomic E-state index is 13.7. The van der Waals surface area contributed by atoms with Crippen LogP contribution >= 0.6 is 0 Å². The van der Waals surface area contributed by atoms with Crippen LogP contribution in [0.15, 0.2) is 30.3 Å². The van der Waals surface area contributed by atoms with Crippen LogP contribution in [0, 0.1) is 33.4 Å². The van der Waals surface area contributed by atoms with Crippen LogP contribution in [0.3, 0.4) is 0 Å². The fourth-order valence-corrected chi connectivity index (χ4v) is 1.89. The van der Waals surface area contributed by atoms with Crippen LogP contribution in [0.5, 0.6) is 0 Å². The predicted octanol–water partition coefficient (Wildman–Crippen LogP) is 3.43. The highest BCUT2D eigenvalue weighted by molar-refractivity contribution is 6.08. The molecule has 0 aromatic heterocycles. The SMILES string of the molecule is CN(C(=O)c1cc(F)c(F)cc1[N+](=O)[O-])c1cc(F)ccc1F. The minimum Gasteiger partial charge on any atom is -0.308 e. The Kier molecular flexibility index (Phi) is 4.30. The Bertz CT molecular complexity index is 811. The fraction of sp³-hybridized carbons (Fsp3) is 0.0714. The van der Waals surface area contributed by atoms with Gasteiger partial charge < -0.3 is 4.90 Å². The van der Waals surface area contributed by atoms with Gasteiger partial charge in [0.25, 0.3) is 11.6 Å². The summed E-state index contributed by atoms with van der Waals surface area (Å²) >= 11 is 0. The van der Waals surface area contributed by atoms with Crippen LogP contribution in [0.4, 0.5) is 28.9 Å². The van der Waals surface area contributed by atoms with Gasteiger partial charge in [-0.25, -0.2) is 17.6 Å². The van der Waals surface area contributed by atoms with Gasteiger partial charge in [-0.2, -0.15) is 0 Å². The lowest BCUT2D eigenvalue weighted by Crippen LogP contribution is -2.28. The summed E-state index contributed by atoms with van der Waals surface area (Å²) in [6.07, 6.45) is 0. The second-order valence-corrected chi connectivity index (χ2v) is 4.50. The van der Waals surface area contributed by atoms with E-state index >= 15 is 0 Å². The largest absolute Gasteiger partial charge is 0.308 e. The summed E-state index contributed by atoms with van der Waals surface area (Å²) in [6.45, 7) is 0. The maximum Gasteiger partial charge on any atom is 0.285 e. The summed E-state index contributed by atoms with van der Waals surface area (Å²) in [5.41, 5.74) is -2.29. The first kappa shape index (κ1) is 16.4. The molecule has 0 radical (unpaired) electrons. The van der Waals surface area contributed by atoms with E-state index in [2.05, 4.69) is 0 Å². The summed E-state index contributed by atoms with van der Waals surface area (Å²) in [6, 6.07) is 2.85. The first-order valence-corrected chi connectivity index (χ1v) is 6.09. The topological polar surface area (TPSA) is 63.5 Å². The molecule has 0 bridgehead atoms. The molecule has 0 aliphatic heterocycles.